The summed E-state index contributed by atoms with van der Waals surface area (Å²) in [6.07, 6.45) is -0.157. The number of nitrogens with zero attached hydrogens (tertiary/aromatic N) is 4. The van der Waals surface area contributed by atoms with Gasteiger partial charge in [-0.1, -0.05) is 0 Å². The first-order valence-corrected chi connectivity index (χ1v) is 10.0. The molecular weight excluding hydrogens is 465 g/mol. The molecule has 33 heavy (non-hydrogen) atoms. The number of halogens is 2. The quantitative estimate of drug-likeness (QED) is 0.455. The van der Waals surface area contributed by atoms with E-state index in [1.54, 1.807) is 20.8 Å². The number of carboxylic acid groups (broad SMARTS) is 1. The number of anilines is 1. The Hall–Kier alpha value is -1.57. The Kier molecular flexibility index (Phi) is 8.69. The van der Waals surface area contributed by atoms with Crippen molar-refractivity contribution in [3.05, 3.63) is 39.7 Å². The Morgan fingerprint density at radius 3 is 2.24 bits per heavy atom. The SMILES string of the molecule is CN1CCN(c2c(F)cc3c(=O)c(C(=O)[O-])cn(N(C)C(=O)OC(C)(C)C)c3c2F)CC1.[K+]. The number of ether oxygens (including phenoxy) is 1. The van der Waals surface area contributed by atoms with E-state index in [4.69, 9.17) is 4.74 Å². The van der Waals surface area contributed by atoms with Crippen LogP contribution < -0.4 is 71.8 Å². The molecule has 0 atom stereocenters. The second-order valence-corrected chi connectivity index (χ2v) is 8.72. The second kappa shape index (κ2) is 10.4. The maximum absolute atomic E-state index is 15.7. The minimum absolute atomic E-state index is 0. The van der Waals surface area contributed by atoms with E-state index in [0.717, 1.165) is 21.9 Å². The maximum Gasteiger partial charge on any atom is 1.00 e. The normalized spacial score (nSPS) is 14.7. The van der Waals surface area contributed by atoms with Crippen molar-refractivity contribution < 1.29 is 79.6 Å². The van der Waals surface area contributed by atoms with Crippen molar-refractivity contribution in [2.24, 2.45) is 0 Å². The van der Waals surface area contributed by atoms with Crippen LogP contribution in [0.25, 0.3) is 10.9 Å². The van der Waals surface area contributed by atoms with Gasteiger partial charge in [0.25, 0.3) is 0 Å². The molecule has 1 saturated heterocycles. The van der Waals surface area contributed by atoms with Crippen LogP contribution in [0, 0.1) is 11.6 Å². The summed E-state index contributed by atoms with van der Waals surface area (Å²) in [5.74, 6) is -3.92. The Labute approximate surface area is 232 Å². The number of carbonyl (C=O) groups is 2. The number of carbonyl (C=O) groups excluding carboxylic acids is 2. The van der Waals surface area contributed by atoms with Crippen LogP contribution in [0.1, 0.15) is 31.1 Å². The number of piperazine rings is 1. The fourth-order valence-corrected chi connectivity index (χ4v) is 3.50. The molecule has 1 aliphatic heterocycles. The van der Waals surface area contributed by atoms with Crippen molar-refractivity contribution in [2.45, 2.75) is 26.4 Å². The zero-order valence-corrected chi connectivity index (χ0v) is 22.7. The van der Waals surface area contributed by atoms with E-state index in [-0.39, 0.29) is 57.1 Å². The van der Waals surface area contributed by atoms with Crippen molar-refractivity contribution in [1.29, 1.82) is 0 Å². The van der Waals surface area contributed by atoms with Crippen LogP contribution >= 0.6 is 0 Å². The van der Waals surface area contributed by atoms with E-state index in [9.17, 15) is 23.9 Å². The Morgan fingerprint density at radius 2 is 1.73 bits per heavy atom. The molecule has 0 N–H and O–H groups in total. The van der Waals surface area contributed by atoms with Crippen LogP contribution in [-0.4, -0.2) is 67.5 Å². The number of carboxylic acids is 1. The molecule has 0 spiro atoms. The number of aromatic carboxylic acids is 1. The molecule has 9 nitrogen and oxygen atoms in total. The van der Waals surface area contributed by atoms with Gasteiger partial charge in [-0.15, -0.1) is 0 Å². The fraction of sp³-hybridized carbons (Fsp3) is 0.476. The van der Waals surface area contributed by atoms with Crippen LogP contribution in [0.3, 0.4) is 0 Å². The van der Waals surface area contributed by atoms with Crippen LogP contribution in [0.15, 0.2) is 17.1 Å². The van der Waals surface area contributed by atoms with Gasteiger partial charge >= 0.3 is 57.5 Å². The van der Waals surface area contributed by atoms with Gasteiger partial charge in [0.05, 0.1) is 16.9 Å². The van der Waals surface area contributed by atoms with Crippen molar-refractivity contribution in [1.82, 2.24) is 9.58 Å². The molecule has 0 unspecified atom stereocenters. The van der Waals surface area contributed by atoms with Gasteiger partial charge in [0.15, 0.2) is 11.2 Å². The van der Waals surface area contributed by atoms with E-state index < -0.39 is 51.2 Å². The summed E-state index contributed by atoms with van der Waals surface area (Å²) in [6, 6.07) is 0.792. The predicted molar refractivity (Wildman–Crippen MR) is 113 cm³/mol. The second-order valence-electron chi connectivity index (χ2n) is 8.72. The number of hydrogen-bond acceptors (Lipinski definition) is 7. The minimum atomic E-state index is -1.84. The summed E-state index contributed by atoms with van der Waals surface area (Å²) in [6.45, 7) is 6.71. The van der Waals surface area contributed by atoms with E-state index >= 15 is 4.39 Å². The molecule has 2 heterocycles. The molecule has 0 bridgehead atoms. The first-order valence-electron chi connectivity index (χ1n) is 10.0. The number of rotatable bonds is 3. The molecule has 0 aliphatic carbocycles. The van der Waals surface area contributed by atoms with E-state index in [2.05, 4.69) is 0 Å². The molecule has 0 radical (unpaired) electrons. The van der Waals surface area contributed by atoms with Crippen LogP contribution in [0.4, 0.5) is 19.3 Å². The fourth-order valence-electron chi connectivity index (χ4n) is 3.50. The van der Waals surface area contributed by atoms with E-state index in [1.807, 2.05) is 11.9 Å². The standard InChI is InChI=1S/C21H26F2N4O5.K/c1-21(2,3)32-20(31)25(5)27-11-13(19(29)30)18(28)12-10-14(22)17(15(23)16(12)27)26-8-6-24(4)7-9-26;/h10-11H,6-9H2,1-5H3,(H,29,30);/q;+1/p-1. The number of pyridine rings is 1. The number of fused-ring (bicyclic) bond motifs is 1. The molecule has 12 heteroatoms. The molecule has 1 aromatic heterocycles. The zero-order chi connectivity index (χ0) is 24.0. The molecule has 1 aliphatic rings. The zero-order valence-electron chi connectivity index (χ0n) is 19.6. The number of hydrogen-bond donors (Lipinski definition) is 0. The number of benzene rings is 1. The molecular formula is C21H25F2KN4O5. The summed E-state index contributed by atoms with van der Waals surface area (Å²) in [4.78, 5) is 40.3. The van der Waals surface area contributed by atoms with Gasteiger partial charge in [-0.05, 0) is 33.9 Å². The number of amides is 1. The summed E-state index contributed by atoms with van der Waals surface area (Å²) in [7, 11) is 3.11. The third-order valence-corrected chi connectivity index (χ3v) is 5.16. The molecule has 3 rings (SSSR count). The maximum atomic E-state index is 15.7. The Balaban J connectivity index is 0.00000385. The molecule has 2 aromatic rings. The topological polar surface area (TPSA) is 98.2 Å². The summed E-state index contributed by atoms with van der Waals surface area (Å²) in [5, 5.41) is 11.8. The van der Waals surface area contributed by atoms with Gasteiger partial charge in [0, 0.05) is 39.4 Å². The van der Waals surface area contributed by atoms with Crippen molar-refractivity contribution in [3.8, 4) is 0 Å². The number of likely N-dealkylation sites (N-methyl/N-ethyl adjacent to an activating group) is 1. The predicted octanol–water partition coefficient (Wildman–Crippen LogP) is -2.10. The average Bonchev–Trinajstić information content (AvgIpc) is 2.68. The van der Waals surface area contributed by atoms with E-state index in [0.29, 0.717) is 26.2 Å². The number of aromatic nitrogens is 1. The Bertz CT molecular complexity index is 1140. The summed E-state index contributed by atoms with van der Waals surface area (Å²) >= 11 is 0. The van der Waals surface area contributed by atoms with Gasteiger partial charge in [0.2, 0.25) is 0 Å². The molecule has 1 fully saturated rings. The van der Waals surface area contributed by atoms with Crippen LogP contribution in [0.2, 0.25) is 0 Å². The average molecular weight is 491 g/mol. The molecule has 0 saturated carbocycles. The third kappa shape index (κ3) is 5.74. The smallest absolute Gasteiger partial charge is 0.545 e. The molecule has 1 aromatic carbocycles. The largest absolute Gasteiger partial charge is 1.00 e. The van der Waals surface area contributed by atoms with Gasteiger partial charge in [-0.3, -0.25) is 9.47 Å². The van der Waals surface area contributed by atoms with Crippen molar-refractivity contribution in [3.63, 3.8) is 0 Å². The molecule has 174 valence electrons. The first-order chi connectivity index (χ1) is 14.8. The molecule has 1 amide bonds. The van der Waals surface area contributed by atoms with Crippen LogP contribution in [0.5, 0.6) is 0 Å². The van der Waals surface area contributed by atoms with Crippen molar-refractivity contribution in [2.75, 3.05) is 50.2 Å². The van der Waals surface area contributed by atoms with Gasteiger partial charge in [-0.2, -0.15) is 0 Å². The van der Waals surface area contributed by atoms with Gasteiger partial charge < -0.3 is 24.4 Å². The van der Waals surface area contributed by atoms with E-state index in [1.165, 1.54) is 11.9 Å². The third-order valence-electron chi connectivity index (χ3n) is 5.16. The minimum Gasteiger partial charge on any atom is -0.545 e. The first kappa shape index (κ1) is 27.7. The van der Waals surface area contributed by atoms with Gasteiger partial charge in [0.1, 0.15) is 22.6 Å². The Morgan fingerprint density at radius 1 is 1.15 bits per heavy atom. The summed E-state index contributed by atoms with van der Waals surface area (Å²) in [5.41, 5.74) is -3.65. The van der Waals surface area contributed by atoms with Gasteiger partial charge in [-0.25, -0.2) is 18.6 Å². The summed E-state index contributed by atoms with van der Waals surface area (Å²) < 4.78 is 36.8. The monoisotopic (exact) mass is 490 g/mol. The van der Waals surface area contributed by atoms with Crippen LogP contribution in [-0.2, 0) is 4.74 Å². The van der Waals surface area contributed by atoms with Crippen molar-refractivity contribution >= 4 is 28.7 Å².